The number of H-pyrrole nitrogens is 1. The van der Waals surface area contributed by atoms with Gasteiger partial charge in [-0.2, -0.15) is 0 Å². The van der Waals surface area contributed by atoms with Crippen LogP contribution in [0.25, 0.3) is 10.9 Å². The number of fused-ring (bicyclic) bond motifs is 2. The lowest BCUT2D eigenvalue weighted by Gasteiger charge is -2.38. The fourth-order valence-corrected chi connectivity index (χ4v) is 3.82. The third-order valence-electron chi connectivity index (χ3n) is 5.21. The highest BCUT2D eigenvalue weighted by Gasteiger charge is 2.36. The van der Waals surface area contributed by atoms with Gasteiger partial charge in [0.25, 0.3) is 0 Å². The minimum absolute atomic E-state index is 0.0833. The highest BCUT2D eigenvalue weighted by Crippen LogP contribution is 2.40. The van der Waals surface area contributed by atoms with Crippen LogP contribution in [0.5, 0.6) is 5.75 Å². The average molecular weight is 335 g/mol. The standard InChI is InChI=1S/C22H25NO2/c1-15(16-8-9-19-17(12-16)10-11-23-19)13-22(2,3)21-24-14-18-6-4-5-7-20(18)25-21/h4-12,15,21,23H,13-14H2,1-3H3. The quantitative estimate of drug-likeness (QED) is 0.671. The van der Waals surface area contributed by atoms with Crippen LogP contribution in [0, 0.1) is 5.41 Å². The maximum atomic E-state index is 6.16. The molecular weight excluding hydrogens is 310 g/mol. The monoisotopic (exact) mass is 335 g/mol. The minimum Gasteiger partial charge on any atom is -0.464 e. The second-order valence-corrected chi connectivity index (χ2v) is 7.79. The number of aromatic amines is 1. The number of rotatable bonds is 4. The average Bonchev–Trinajstić information content (AvgIpc) is 3.08. The zero-order chi connectivity index (χ0) is 17.4. The topological polar surface area (TPSA) is 34.2 Å². The van der Waals surface area contributed by atoms with Gasteiger partial charge in [-0.15, -0.1) is 0 Å². The third kappa shape index (κ3) is 3.16. The Morgan fingerprint density at radius 2 is 2.00 bits per heavy atom. The lowest BCUT2D eigenvalue weighted by molar-refractivity contribution is -0.172. The summed E-state index contributed by atoms with van der Waals surface area (Å²) >= 11 is 0. The molecular formula is C22H25NO2. The lowest BCUT2D eigenvalue weighted by Crippen LogP contribution is -2.40. The summed E-state index contributed by atoms with van der Waals surface area (Å²) in [6.07, 6.45) is 2.76. The van der Waals surface area contributed by atoms with Crippen LogP contribution in [0.3, 0.4) is 0 Å². The molecule has 3 aromatic rings. The molecule has 0 amide bonds. The normalized spacial score (nSPS) is 18.6. The number of ether oxygens (including phenoxy) is 2. The van der Waals surface area contributed by atoms with Crippen LogP contribution in [0.15, 0.2) is 54.7 Å². The van der Waals surface area contributed by atoms with E-state index in [2.05, 4.69) is 56.1 Å². The molecule has 3 nitrogen and oxygen atoms in total. The smallest absolute Gasteiger partial charge is 0.205 e. The molecule has 0 bridgehead atoms. The van der Waals surface area contributed by atoms with Crippen LogP contribution in [-0.2, 0) is 11.3 Å². The molecule has 130 valence electrons. The summed E-state index contributed by atoms with van der Waals surface area (Å²) in [4.78, 5) is 3.26. The summed E-state index contributed by atoms with van der Waals surface area (Å²) in [6, 6.07) is 16.9. The largest absolute Gasteiger partial charge is 0.464 e. The van der Waals surface area contributed by atoms with Gasteiger partial charge >= 0.3 is 0 Å². The molecule has 2 atom stereocenters. The molecule has 1 N–H and O–H groups in total. The summed E-state index contributed by atoms with van der Waals surface area (Å²) in [5, 5.41) is 1.27. The molecule has 0 fully saturated rings. The Bertz CT molecular complexity index is 880. The number of benzene rings is 2. The van der Waals surface area contributed by atoms with E-state index in [0.717, 1.165) is 17.7 Å². The van der Waals surface area contributed by atoms with Crippen molar-refractivity contribution in [2.24, 2.45) is 5.41 Å². The summed E-state index contributed by atoms with van der Waals surface area (Å²) in [5.41, 5.74) is 3.59. The SMILES string of the molecule is CC(CC(C)(C)C1OCc2ccccc2O1)c1ccc2[nH]ccc2c1. The van der Waals surface area contributed by atoms with Crippen molar-refractivity contribution in [3.63, 3.8) is 0 Å². The van der Waals surface area contributed by atoms with Gasteiger partial charge in [-0.1, -0.05) is 45.0 Å². The molecule has 0 aliphatic carbocycles. The minimum atomic E-state index is -0.221. The first-order chi connectivity index (χ1) is 12.0. The van der Waals surface area contributed by atoms with E-state index in [0.29, 0.717) is 12.5 Å². The number of nitrogens with one attached hydrogen (secondary N) is 1. The van der Waals surface area contributed by atoms with Crippen molar-refractivity contribution in [1.82, 2.24) is 4.98 Å². The van der Waals surface area contributed by atoms with Gasteiger partial charge in [0.1, 0.15) is 5.75 Å². The zero-order valence-electron chi connectivity index (χ0n) is 15.1. The van der Waals surface area contributed by atoms with Gasteiger partial charge in [0.15, 0.2) is 0 Å². The van der Waals surface area contributed by atoms with Gasteiger partial charge in [0, 0.05) is 22.7 Å². The van der Waals surface area contributed by atoms with Gasteiger partial charge in [-0.05, 0) is 47.6 Å². The first-order valence-corrected chi connectivity index (χ1v) is 8.96. The molecule has 0 radical (unpaired) electrons. The van der Waals surface area contributed by atoms with E-state index in [9.17, 15) is 0 Å². The number of para-hydroxylation sites is 1. The van der Waals surface area contributed by atoms with Gasteiger partial charge in [-0.25, -0.2) is 0 Å². The highest BCUT2D eigenvalue weighted by molar-refractivity contribution is 5.80. The molecule has 2 heterocycles. The maximum Gasteiger partial charge on any atom is 0.205 e. The molecule has 2 unspecified atom stereocenters. The van der Waals surface area contributed by atoms with E-state index in [4.69, 9.17) is 9.47 Å². The number of hydrogen-bond acceptors (Lipinski definition) is 2. The molecule has 25 heavy (non-hydrogen) atoms. The van der Waals surface area contributed by atoms with E-state index in [1.807, 2.05) is 24.4 Å². The summed E-state index contributed by atoms with van der Waals surface area (Å²) in [6.45, 7) is 7.37. The van der Waals surface area contributed by atoms with E-state index < -0.39 is 0 Å². The van der Waals surface area contributed by atoms with Crippen LogP contribution in [-0.4, -0.2) is 11.3 Å². The predicted octanol–water partition coefficient (Wildman–Crippen LogP) is 5.62. The second kappa shape index (κ2) is 6.23. The summed E-state index contributed by atoms with van der Waals surface area (Å²) in [5.74, 6) is 1.38. The van der Waals surface area contributed by atoms with E-state index >= 15 is 0 Å². The van der Waals surface area contributed by atoms with Crippen molar-refractivity contribution in [1.29, 1.82) is 0 Å². The van der Waals surface area contributed by atoms with Crippen molar-refractivity contribution in [2.75, 3.05) is 0 Å². The molecule has 0 spiro atoms. The van der Waals surface area contributed by atoms with E-state index in [-0.39, 0.29) is 11.7 Å². The maximum absolute atomic E-state index is 6.16. The Labute approximate surface area is 149 Å². The van der Waals surface area contributed by atoms with Gasteiger partial charge in [0.2, 0.25) is 6.29 Å². The fourth-order valence-electron chi connectivity index (χ4n) is 3.82. The molecule has 1 aromatic heterocycles. The van der Waals surface area contributed by atoms with E-state index in [1.54, 1.807) is 0 Å². The third-order valence-corrected chi connectivity index (χ3v) is 5.21. The van der Waals surface area contributed by atoms with Gasteiger partial charge in [-0.3, -0.25) is 0 Å². The highest BCUT2D eigenvalue weighted by atomic mass is 16.7. The molecule has 4 rings (SSSR count). The first-order valence-electron chi connectivity index (χ1n) is 8.96. The molecule has 3 heteroatoms. The summed E-state index contributed by atoms with van der Waals surface area (Å²) in [7, 11) is 0. The lowest BCUT2D eigenvalue weighted by atomic mass is 9.79. The molecule has 0 saturated carbocycles. The zero-order valence-corrected chi connectivity index (χ0v) is 15.1. The Kier molecular flexibility index (Phi) is 4.04. The van der Waals surface area contributed by atoms with Crippen molar-refractivity contribution in [2.45, 2.75) is 46.0 Å². The Balaban J connectivity index is 1.50. The number of hydrogen-bond donors (Lipinski definition) is 1. The van der Waals surface area contributed by atoms with Crippen LogP contribution >= 0.6 is 0 Å². The second-order valence-electron chi connectivity index (χ2n) is 7.79. The van der Waals surface area contributed by atoms with Crippen LogP contribution in [0.2, 0.25) is 0 Å². The van der Waals surface area contributed by atoms with E-state index in [1.165, 1.54) is 16.5 Å². The molecule has 1 aliphatic heterocycles. The van der Waals surface area contributed by atoms with Crippen molar-refractivity contribution in [3.8, 4) is 5.75 Å². The first kappa shape index (κ1) is 16.2. The predicted molar refractivity (Wildman–Crippen MR) is 101 cm³/mol. The van der Waals surface area contributed by atoms with Crippen LogP contribution in [0.1, 0.15) is 44.2 Å². The van der Waals surface area contributed by atoms with Crippen LogP contribution < -0.4 is 4.74 Å². The fraction of sp³-hybridized carbons (Fsp3) is 0.364. The number of aromatic nitrogens is 1. The molecule has 1 aliphatic rings. The summed E-state index contributed by atoms with van der Waals surface area (Å²) < 4.78 is 12.2. The van der Waals surface area contributed by atoms with Gasteiger partial charge in [0.05, 0.1) is 6.61 Å². The Morgan fingerprint density at radius 3 is 2.88 bits per heavy atom. The Hall–Kier alpha value is -2.26. The Morgan fingerprint density at radius 1 is 1.16 bits per heavy atom. The van der Waals surface area contributed by atoms with Gasteiger partial charge < -0.3 is 14.5 Å². The molecule has 0 saturated heterocycles. The van der Waals surface area contributed by atoms with Crippen molar-refractivity contribution >= 4 is 10.9 Å². The van der Waals surface area contributed by atoms with Crippen LogP contribution in [0.4, 0.5) is 0 Å². The molecule has 2 aromatic carbocycles. The van der Waals surface area contributed by atoms with Crippen molar-refractivity contribution in [3.05, 3.63) is 65.9 Å². The van der Waals surface area contributed by atoms with Crippen molar-refractivity contribution < 1.29 is 9.47 Å².